The molecule has 0 amide bonds. The van der Waals surface area contributed by atoms with E-state index >= 15 is 0 Å². The molecule has 0 aromatic carbocycles. The summed E-state index contributed by atoms with van der Waals surface area (Å²) in [6.45, 7) is 15.8. The van der Waals surface area contributed by atoms with Crippen molar-refractivity contribution in [3.8, 4) is 0 Å². The smallest absolute Gasteiger partial charge is 0.250 e. The van der Waals surface area contributed by atoms with Gasteiger partial charge in [-0.3, -0.25) is 0 Å². The van der Waals surface area contributed by atoms with Gasteiger partial charge in [-0.1, -0.05) is 26.3 Å². The summed E-state index contributed by atoms with van der Waals surface area (Å²) in [4.78, 5) is 0. The molecule has 86 valence electrons. The van der Waals surface area contributed by atoms with Crippen molar-refractivity contribution in [1.82, 2.24) is 0 Å². The largest absolute Gasteiger partial charge is 0.546 e. The fourth-order valence-electron chi connectivity index (χ4n) is 1.36. The van der Waals surface area contributed by atoms with Crippen LogP contribution in [0.25, 0.3) is 0 Å². The van der Waals surface area contributed by atoms with E-state index in [0.29, 0.717) is 0 Å². The zero-order chi connectivity index (χ0) is 11.9. The van der Waals surface area contributed by atoms with E-state index in [2.05, 4.69) is 53.8 Å². The van der Waals surface area contributed by atoms with E-state index < -0.39 is 8.32 Å². The molecule has 0 aromatic rings. The van der Waals surface area contributed by atoms with E-state index in [0.717, 1.165) is 6.42 Å². The molecule has 0 unspecified atom stereocenters. The Bertz CT molecular complexity index is 316. The highest BCUT2D eigenvalue weighted by Gasteiger charge is 2.39. The lowest BCUT2D eigenvalue weighted by atomic mass is 10.2. The molecule has 1 nitrogen and oxygen atoms in total. The first-order valence-corrected chi connectivity index (χ1v) is 8.60. The Kier molecular flexibility index (Phi) is 3.20. The normalized spacial score (nSPS) is 18.2. The van der Waals surface area contributed by atoms with Crippen LogP contribution in [0.1, 0.15) is 41.0 Å². The predicted octanol–water partition coefficient (Wildman–Crippen LogP) is 4.63. The van der Waals surface area contributed by atoms with Crippen LogP contribution >= 0.6 is 0 Å². The lowest BCUT2D eigenvalue weighted by Gasteiger charge is -2.37. The van der Waals surface area contributed by atoms with E-state index in [1.165, 1.54) is 16.9 Å². The van der Waals surface area contributed by atoms with Crippen LogP contribution in [0.15, 0.2) is 23.0 Å². The van der Waals surface area contributed by atoms with E-state index in [4.69, 9.17) is 4.43 Å². The molecule has 0 radical (unpaired) electrons. The minimum absolute atomic E-state index is 0.290. The van der Waals surface area contributed by atoms with Gasteiger partial charge in [0.1, 0.15) is 0 Å². The van der Waals surface area contributed by atoms with E-state index in [-0.39, 0.29) is 5.04 Å². The van der Waals surface area contributed by atoms with Crippen LogP contribution in [0.3, 0.4) is 0 Å². The van der Waals surface area contributed by atoms with Crippen LogP contribution < -0.4 is 0 Å². The van der Waals surface area contributed by atoms with Crippen molar-refractivity contribution in [1.29, 1.82) is 0 Å². The van der Waals surface area contributed by atoms with Gasteiger partial charge in [-0.15, -0.1) is 0 Å². The van der Waals surface area contributed by atoms with Crippen LogP contribution in [0.4, 0.5) is 0 Å². The van der Waals surface area contributed by atoms with Gasteiger partial charge in [0.2, 0.25) is 8.32 Å². The topological polar surface area (TPSA) is 9.23 Å². The van der Waals surface area contributed by atoms with E-state index in [1.54, 1.807) is 0 Å². The maximum Gasteiger partial charge on any atom is 0.250 e. The Morgan fingerprint density at radius 1 is 1.20 bits per heavy atom. The SMILES string of the molecule is CC1=C(C)CC(O[Si](C)(C)C(C)(C)C)=C1. The average Bonchev–Trinajstić information content (AvgIpc) is 2.27. The highest BCUT2D eigenvalue weighted by Crippen LogP contribution is 2.40. The molecule has 0 fully saturated rings. The molecule has 0 aromatic heterocycles. The zero-order valence-corrected chi connectivity index (χ0v) is 12.2. The van der Waals surface area contributed by atoms with Gasteiger partial charge >= 0.3 is 0 Å². The van der Waals surface area contributed by atoms with Crippen molar-refractivity contribution < 1.29 is 4.43 Å². The Hall–Kier alpha value is -0.503. The van der Waals surface area contributed by atoms with Gasteiger partial charge in [-0.05, 0) is 43.6 Å². The lowest BCUT2D eigenvalue weighted by Crippen LogP contribution is -2.40. The second kappa shape index (κ2) is 3.82. The first-order chi connectivity index (χ1) is 6.63. The van der Waals surface area contributed by atoms with Gasteiger partial charge in [0.15, 0.2) is 0 Å². The van der Waals surface area contributed by atoms with Crippen LogP contribution in [-0.4, -0.2) is 8.32 Å². The molecular weight excluding hydrogens is 200 g/mol. The summed E-state index contributed by atoms with van der Waals surface area (Å²) in [5, 5.41) is 0.290. The van der Waals surface area contributed by atoms with Gasteiger partial charge in [0, 0.05) is 6.42 Å². The summed E-state index contributed by atoms with van der Waals surface area (Å²) >= 11 is 0. The van der Waals surface area contributed by atoms with Crippen LogP contribution in [0.5, 0.6) is 0 Å². The molecule has 0 N–H and O–H groups in total. The maximum atomic E-state index is 6.26. The highest BCUT2D eigenvalue weighted by molar-refractivity contribution is 6.74. The standard InChI is InChI=1S/C13H24OSi/c1-10-8-12(9-11(10)2)14-15(6,7)13(3,4)5/h8H,9H2,1-7H3. The summed E-state index contributed by atoms with van der Waals surface area (Å²) in [6.07, 6.45) is 3.22. The van der Waals surface area contributed by atoms with E-state index in [9.17, 15) is 0 Å². The van der Waals surface area contributed by atoms with Gasteiger partial charge in [-0.25, -0.2) is 0 Å². The number of rotatable bonds is 2. The fourth-order valence-corrected chi connectivity index (χ4v) is 2.46. The minimum atomic E-state index is -1.62. The van der Waals surface area contributed by atoms with Gasteiger partial charge in [-0.2, -0.15) is 0 Å². The number of hydrogen-bond donors (Lipinski definition) is 0. The molecule has 15 heavy (non-hydrogen) atoms. The lowest BCUT2D eigenvalue weighted by molar-refractivity contribution is 0.377. The zero-order valence-electron chi connectivity index (χ0n) is 11.2. The maximum absolute atomic E-state index is 6.26. The molecule has 0 saturated carbocycles. The highest BCUT2D eigenvalue weighted by atomic mass is 28.4. The molecule has 0 saturated heterocycles. The van der Waals surface area contributed by atoms with Crippen molar-refractivity contribution >= 4 is 8.32 Å². The third-order valence-corrected chi connectivity index (χ3v) is 8.07. The summed E-state index contributed by atoms with van der Waals surface area (Å²) in [5.41, 5.74) is 2.83. The second-order valence-electron chi connectivity index (χ2n) is 6.11. The Morgan fingerprint density at radius 3 is 2.07 bits per heavy atom. The Balaban J connectivity index is 2.71. The fraction of sp³-hybridized carbons (Fsp3) is 0.692. The first-order valence-electron chi connectivity index (χ1n) is 5.69. The molecular formula is C13H24OSi. The van der Waals surface area contributed by atoms with Crippen molar-refractivity contribution in [2.75, 3.05) is 0 Å². The predicted molar refractivity (Wildman–Crippen MR) is 69.4 cm³/mol. The van der Waals surface area contributed by atoms with Gasteiger partial charge in [0.05, 0.1) is 5.76 Å². The second-order valence-corrected chi connectivity index (χ2v) is 10.8. The molecule has 0 heterocycles. The van der Waals surface area contributed by atoms with Crippen molar-refractivity contribution in [2.24, 2.45) is 0 Å². The molecule has 1 aliphatic rings. The van der Waals surface area contributed by atoms with Crippen molar-refractivity contribution in [2.45, 2.75) is 59.2 Å². The molecule has 0 bridgehead atoms. The van der Waals surface area contributed by atoms with Crippen LogP contribution in [-0.2, 0) is 4.43 Å². The van der Waals surface area contributed by atoms with Crippen molar-refractivity contribution in [3.05, 3.63) is 23.0 Å². The van der Waals surface area contributed by atoms with Crippen LogP contribution in [0, 0.1) is 0 Å². The van der Waals surface area contributed by atoms with E-state index in [1.807, 2.05) is 0 Å². The molecule has 1 aliphatic carbocycles. The Morgan fingerprint density at radius 2 is 1.73 bits per heavy atom. The quantitative estimate of drug-likeness (QED) is 0.621. The summed E-state index contributed by atoms with van der Waals surface area (Å²) in [6, 6.07) is 0. The third-order valence-electron chi connectivity index (χ3n) is 3.68. The molecule has 0 aliphatic heterocycles. The summed E-state index contributed by atoms with van der Waals surface area (Å²) in [5.74, 6) is 1.18. The number of allylic oxidation sites excluding steroid dienone is 3. The molecule has 2 heteroatoms. The Labute approximate surface area is 95.4 Å². The third kappa shape index (κ3) is 2.74. The first kappa shape index (κ1) is 12.6. The van der Waals surface area contributed by atoms with Crippen molar-refractivity contribution in [3.63, 3.8) is 0 Å². The minimum Gasteiger partial charge on any atom is -0.546 e. The molecule has 1 rings (SSSR count). The van der Waals surface area contributed by atoms with Gasteiger partial charge in [0.25, 0.3) is 0 Å². The summed E-state index contributed by atoms with van der Waals surface area (Å²) < 4.78 is 6.26. The number of hydrogen-bond acceptors (Lipinski definition) is 1. The van der Waals surface area contributed by atoms with Gasteiger partial charge < -0.3 is 4.43 Å². The average molecular weight is 224 g/mol. The summed E-state index contributed by atoms with van der Waals surface area (Å²) in [7, 11) is -1.62. The monoisotopic (exact) mass is 224 g/mol. The van der Waals surface area contributed by atoms with Crippen LogP contribution in [0.2, 0.25) is 18.1 Å². The molecule has 0 atom stereocenters. The molecule has 0 spiro atoms.